The fourth-order valence-corrected chi connectivity index (χ4v) is 4.34. The van der Waals surface area contributed by atoms with E-state index in [1.165, 1.54) is 25.0 Å². The van der Waals surface area contributed by atoms with Crippen LogP contribution in [0.2, 0.25) is 0 Å². The molecule has 8 heteroatoms. The summed E-state index contributed by atoms with van der Waals surface area (Å²) in [6.45, 7) is 8.86. The summed E-state index contributed by atoms with van der Waals surface area (Å²) >= 11 is 0. The third-order valence-electron chi connectivity index (χ3n) is 6.14. The number of nitrogens with one attached hydrogen (secondary N) is 2. The van der Waals surface area contributed by atoms with Gasteiger partial charge in [0.25, 0.3) is 0 Å². The summed E-state index contributed by atoms with van der Waals surface area (Å²) in [6, 6.07) is 5.15. The summed E-state index contributed by atoms with van der Waals surface area (Å²) in [7, 11) is 0. The van der Waals surface area contributed by atoms with Gasteiger partial charge < -0.3 is 15.4 Å². The lowest BCUT2D eigenvalue weighted by Gasteiger charge is -2.43. The molecule has 0 radical (unpaired) electrons. The zero-order valence-electron chi connectivity index (χ0n) is 17.9. The molecule has 2 aliphatic rings. The largest absolute Gasteiger partial charge is 0.416 e. The second-order valence-electron chi connectivity index (χ2n) is 8.22. The molecule has 2 N–H and O–H groups in total. The van der Waals surface area contributed by atoms with Gasteiger partial charge in [-0.15, -0.1) is 0 Å². The molecule has 2 fully saturated rings. The highest BCUT2D eigenvalue weighted by atomic mass is 19.4. The summed E-state index contributed by atoms with van der Waals surface area (Å²) < 4.78 is 44.8. The van der Waals surface area contributed by atoms with E-state index in [1.54, 1.807) is 6.07 Å². The number of nitrogens with zero attached hydrogens (tertiary/aromatic N) is 2. The predicted molar refractivity (Wildman–Crippen MR) is 113 cm³/mol. The van der Waals surface area contributed by atoms with E-state index in [9.17, 15) is 13.2 Å². The van der Waals surface area contributed by atoms with Crippen molar-refractivity contribution in [1.29, 1.82) is 0 Å². The van der Waals surface area contributed by atoms with Gasteiger partial charge in [0.1, 0.15) is 0 Å². The molecule has 3 rings (SSSR count). The van der Waals surface area contributed by atoms with Crippen LogP contribution in [0.15, 0.2) is 29.3 Å². The minimum atomic E-state index is -4.35. The van der Waals surface area contributed by atoms with Gasteiger partial charge >= 0.3 is 6.18 Å². The van der Waals surface area contributed by atoms with Crippen molar-refractivity contribution in [2.24, 2.45) is 4.99 Å². The summed E-state index contributed by atoms with van der Waals surface area (Å²) in [6.07, 6.45) is 0.00604. The van der Waals surface area contributed by atoms with Crippen LogP contribution in [0.5, 0.6) is 0 Å². The van der Waals surface area contributed by atoms with Gasteiger partial charge in [-0.3, -0.25) is 9.89 Å². The molecule has 1 aromatic carbocycles. The molecule has 2 saturated heterocycles. The lowest BCUT2D eigenvalue weighted by Crippen LogP contribution is -2.54. The van der Waals surface area contributed by atoms with Crippen LogP contribution in [-0.2, 0) is 10.9 Å². The number of hydrogen-bond acceptors (Lipinski definition) is 3. The van der Waals surface area contributed by atoms with E-state index in [4.69, 9.17) is 9.73 Å². The number of ether oxygens (including phenoxy) is 1. The molecule has 2 heterocycles. The Bertz CT molecular complexity index is 711. The summed E-state index contributed by atoms with van der Waals surface area (Å²) in [4.78, 5) is 7.42. The van der Waals surface area contributed by atoms with Gasteiger partial charge in [-0.1, -0.05) is 12.1 Å². The number of rotatable bonds is 6. The predicted octanol–water partition coefficient (Wildman–Crippen LogP) is 3.97. The first-order chi connectivity index (χ1) is 14.3. The van der Waals surface area contributed by atoms with Gasteiger partial charge in [0, 0.05) is 25.3 Å². The number of likely N-dealkylation sites (tertiary alicyclic amines) is 1. The van der Waals surface area contributed by atoms with E-state index in [0.717, 1.165) is 45.2 Å². The van der Waals surface area contributed by atoms with E-state index in [-0.39, 0.29) is 11.6 Å². The summed E-state index contributed by atoms with van der Waals surface area (Å²) in [5.74, 6) is 0.632. The molecule has 2 aliphatic heterocycles. The second kappa shape index (κ2) is 10.0. The van der Waals surface area contributed by atoms with Gasteiger partial charge in [-0.25, -0.2) is 0 Å². The normalized spacial score (nSPS) is 21.4. The van der Waals surface area contributed by atoms with Crippen LogP contribution in [0, 0.1) is 0 Å². The maximum atomic E-state index is 13.1. The Kier molecular flexibility index (Phi) is 7.63. The Hall–Kier alpha value is -1.80. The van der Waals surface area contributed by atoms with E-state index < -0.39 is 11.7 Å². The van der Waals surface area contributed by atoms with Crippen LogP contribution >= 0.6 is 0 Å². The molecule has 1 unspecified atom stereocenters. The van der Waals surface area contributed by atoms with Crippen molar-refractivity contribution in [2.45, 2.75) is 57.3 Å². The first-order valence-corrected chi connectivity index (χ1v) is 10.9. The number of benzene rings is 1. The summed E-state index contributed by atoms with van der Waals surface area (Å²) in [5, 5.41) is 6.52. The molecule has 1 aromatic rings. The molecule has 1 atom stereocenters. The van der Waals surface area contributed by atoms with Gasteiger partial charge in [0.2, 0.25) is 0 Å². The molecule has 0 spiro atoms. The summed E-state index contributed by atoms with van der Waals surface area (Å²) in [5.41, 5.74) is -0.0437. The van der Waals surface area contributed by atoms with Crippen LogP contribution in [0.4, 0.5) is 13.2 Å². The van der Waals surface area contributed by atoms with Crippen LogP contribution in [0.25, 0.3) is 0 Å². The van der Waals surface area contributed by atoms with Crippen LogP contribution in [0.1, 0.15) is 56.7 Å². The zero-order valence-corrected chi connectivity index (χ0v) is 17.9. The highest BCUT2D eigenvalue weighted by molar-refractivity contribution is 5.80. The van der Waals surface area contributed by atoms with E-state index in [1.807, 2.05) is 13.8 Å². The second-order valence-corrected chi connectivity index (χ2v) is 8.22. The standard InChI is InChI=1S/C22H33F3N4O/c1-3-26-20(28-17(2)18-7-6-8-19(15-18)22(23,24)25)27-16-21(9-13-30-14-10-21)29-11-4-5-12-29/h6-8,15,17H,3-5,9-14,16H2,1-2H3,(H2,26,27,28). The van der Waals surface area contributed by atoms with Crippen LogP contribution in [-0.4, -0.2) is 55.8 Å². The molecule has 30 heavy (non-hydrogen) atoms. The monoisotopic (exact) mass is 426 g/mol. The first kappa shape index (κ1) is 22.9. The molecule has 0 aromatic heterocycles. The number of hydrogen-bond donors (Lipinski definition) is 2. The number of guanidine groups is 1. The minimum Gasteiger partial charge on any atom is -0.381 e. The number of halogens is 3. The lowest BCUT2D eigenvalue weighted by atomic mass is 9.88. The fraction of sp³-hybridized carbons (Fsp3) is 0.682. The van der Waals surface area contributed by atoms with Crippen molar-refractivity contribution in [2.75, 3.05) is 39.4 Å². The molecule has 5 nitrogen and oxygen atoms in total. The van der Waals surface area contributed by atoms with Gasteiger partial charge in [0.15, 0.2) is 5.96 Å². The first-order valence-electron chi connectivity index (χ1n) is 10.9. The zero-order chi connectivity index (χ0) is 21.6. The van der Waals surface area contributed by atoms with E-state index in [0.29, 0.717) is 24.6 Å². The Labute approximate surface area is 177 Å². The van der Waals surface area contributed by atoms with Gasteiger partial charge in [-0.2, -0.15) is 13.2 Å². The van der Waals surface area contributed by atoms with Crippen molar-refractivity contribution >= 4 is 5.96 Å². The fourth-order valence-electron chi connectivity index (χ4n) is 4.34. The Morgan fingerprint density at radius 2 is 1.93 bits per heavy atom. The topological polar surface area (TPSA) is 48.9 Å². The highest BCUT2D eigenvalue weighted by Crippen LogP contribution is 2.32. The smallest absolute Gasteiger partial charge is 0.381 e. The maximum absolute atomic E-state index is 13.1. The van der Waals surface area contributed by atoms with Crippen molar-refractivity contribution in [3.8, 4) is 0 Å². The van der Waals surface area contributed by atoms with Crippen molar-refractivity contribution < 1.29 is 17.9 Å². The maximum Gasteiger partial charge on any atom is 0.416 e. The molecule has 0 bridgehead atoms. The van der Waals surface area contributed by atoms with Crippen molar-refractivity contribution in [3.05, 3.63) is 35.4 Å². The third kappa shape index (κ3) is 5.66. The molecular formula is C22H33F3N4O. The van der Waals surface area contributed by atoms with Gasteiger partial charge in [0.05, 0.1) is 18.2 Å². The Morgan fingerprint density at radius 1 is 1.23 bits per heavy atom. The SMILES string of the molecule is CCNC(=NCC1(N2CCCC2)CCOCC1)NC(C)c1cccc(C(F)(F)F)c1. The average Bonchev–Trinajstić information content (AvgIpc) is 3.28. The Balaban J connectivity index is 1.73. The lowest BCUT2D eigenvalue weighted by molar-refractivity contribution is -0.137. The molecule has 0 saturated carbocycles. The van der Waals surface area contributed by atoms with Gasteiger partial charge in [-0.05, 0) is 70.3 Å². The van der Waals surface area contributed by atoms with Crippen LogP contribution in [0.3, 0.4) is 0 Å². The quantitative estimate of drug-likeness (QED) is 0.534. The van der Waals surface area contributed by atoms with Crippen LogP contribution < -0.4 is 10.6 Å². The molecular weight excluding hydrogens is 393 g/mol. The van der Waals surface area contributed by atoms with E-state index in [2.05, 4.69) is 15.5 Å². The minimum absolute atomic E-state index is 0.0105. The Morgan fingerprint density at radius 3 is 2.57 bits per heavy atom. The number of alkyl halides is 3. The van der Waals surface area contributed by atoms with Crippen molar-refractivity contribution in [3.63, 3.8) is 0 Å². The average molecular weight is 427 g/mol. The highest BCUT2D eigenvalue weighted by Gasteiger charge is 2.39. The molecule has 0 amide bonds. The van der Waals surface area contributed by atoms with Crippen molar-refractivity contribution in [1.82, 2.24) is 15.5 Å². The third-order valence-corrected chi connectivity index (χ3v) is 6.14. The molecule has 168 valence electrons. The van der Waals surface area contributed by atoms with E-state index >= 15 is 0 Å². The molecule has 0 aliphatic carbocycles. The number of aliphatic imine (C=N–C) groups is 1.